The quantitative estimate of drug-likeness (QED) is 0.371. The second-order valence-corrected chi connectivity index (χ2v) is 10.8. The summed E-state index contributed by atoms with van der Waals surface area (Å²) in [5.41, 5.74) is 4.33. The first-order chi connectivity index (χ1) is 16.7. The van der Waals surface area contributed by atoms with E-state index in [1.165, 1.54) is 18.0 Å². The number of hydrogen-bond donors (Lipinski definition) is 0. The van der Waals surface area contributed by atoms with Gasteiger partial charge < -0.3 is 9.64 Å². The minimum absolute atomic E-state index is 0.0592. The molecule has 1 atom stereocenters. The van der Waals surface area contributed by atoms with Crippen LogP contribution < -0.4 is 0 Å². The Hall–Kier alpha value is -3.72. The van der Waals surface area contributed by atoms with Crippen LogP contribution >= 0.6 is 0 Å². The van der Waals surface area contributed by atoms with E-state index in [0.717, 1.165) is 16.8 Å². The molecule has 1 aliphatic heterocycles. The van der Waals surface area contributed by atoms with Crippen molar-refractivity contribution in [1.82, 2.24) is 14.7 Å². The van der Waals surface area contributed by atoms with E-state index in [0.29, 0.717) is 17.7 Å². The summed E-state index contributed by atoms with van der Waals surface area (Å²) >= 11 is 0. The second kappa shape index (κ2) is 10.3. The third kappa shape index (κ3) is 6.05. The summed E-state index contributed by atoms with van der Waals surface area (Å²) in [7, 11) is -1.58. The number of carbonyl (C=O) groups excluding carboxylic acids is 2. The first-order valence-electron chi connectivity index (χ1n) is 11.2. The highest BCUT2D eigenvalue weighted by molar-refractivity contribution is 7.91. The van der Waals surface area contributed by atoms with Crippen molar-refractivity contribution in [2.75, 3.05) is 25.2 Å². The van der Waals surface area contributed by atoms with Crippen LogP contribution in [0.25, 0.3) is 23.0 Å². The predicted molar refractivity (Wildman–Crippen MR) is 134 cm³/mol. The molecule has 1 aliphatic rings. The number of carbonyl (C=O) groups is 2. The van der Waals surface area contributed by atoms with Crippen LogP contribution in [0.4, 0.5) is 0 Å². The number of nitrogens with zero attached hydrogens (tertiary/aromatic N) is 3. The van der Waals surface area contributed by atoms with E-state index in [-0.39, 0.29) is 17.5 Å². The Kier molecular flexibility index (Phi) is 7.16. The third-order valence-corrected chi connectivity index (χ3v) is 7.73. The minimum Gasteiger partial charge on any atom is -0.452 e. The molecule has 2 heterocycles. The largest absolute Gasteiger partial charge is 0.452 e. The van der Waals surface area contributed by atoms with Crippen molar-refractivity contribution in [3.8, 4) is 16.9 Å². The first-order valence-corrected chi connectivity index (χ1v) is 13.1. The van der Waals surface area contributed by atoms with Gasteiger partial charge >= 0.3 is 5.97 Å². The van der Waals surface area contributed by atoms with E-state index in [1.807, 2.05) is 67.7 Å². The lowest BCUT2D eigenvalue weighted by Crippen LogP contribution is -2.40. The van der Waals surface area contributed by atoms with Crippen molar-refractivity contribution in [2.24, 2.45) is 0 Å². The van der Waals surface area contributed by atoms with Crippen LogP contribution in [0.2, 0.25) is 0 Å². The molecule has 1 amide bonds. The smallest absolute Gasteiger partial charge is 0.331 e. The number of aromatic nitrogens is 2. The molecule has 1 aromatic heterocycles. The molecule has 8 nitrogen and oxygen atoms in total. The Morgan fingerprint density at radius 1 is 1.14 bits per heavy atom. The maximum atomic E-state index is 12.4. The number of ether oxygens (including phenoxy) is 1. The lowest BCUT2D eigenvalue weighted by molar-refractivity contribution is -0.148. The fraction of sp³-hybridized carbons (Fsp3) is 0.269. The van der Waals surface area contributed by atoms with E-state index in [9.17, 15) is 18.0 Å². The molecule has 0 aliphatic carbocycles. The number of amides is 1. The third-order valence-electron chi connectivity index (χ3n) is 5.97. The Morgan fingerprint density at radius 3 is 2.51 bits per heavy atom. The van der Waals surface area contributed by atoms with Crippen LogP contribution in [0, 0.1) is 6.92 Å². The van der Waals surface area contributed by atoms with Gasteiger partial charge in [-0.05, 0) is 31.6 Å². The van der Waals surface area contributed by atoms with Gasteiger partial charge in [-0.2, -0.15) is 5.10 Å². The molecular weight excluding hydrogens is 466 g/mol. The molecule has 2 aromatic carbocycles. The Labute approximate surface area is 204 Å². The summed E-state index contributed by atoms with van der Waals surface area (Å²) in [5, 5.41) is 4.71. The topological polar surface area (TPSA) is 98.6 Å². The number of sulfone groups is 1. The molecule has 0 spiro atoms. The van der Waals surface area contributed by atoms with E-state index >= 15 is 0 Å². The number of likely N-dealkylation sites (N-methyl/N-ethyl adjacent to an activating group) is 1. The van der Waals surface area contributed by atoms with E-state index in [2.05, 4.69) is 0 Å². The van der Waals surface area contributed by atoms with Crippen molar-refractivity contribution in [3.05, 3.63) is 78.0 Å². The van der Waals surface area contributed by atoms with Gasteiger partial charge in [-0.3, -0.25) is 4.79 Å². The van der Waals surface area contributed by atoms with E-state index in [1.54, 1.807) is 10.8 Å². The van der Waals surface area contributed by atoms with Crippen molar-refractivity contribution in [2.45, 2.75) is 19.4 Å². The first kappa shape index (κ1) is 24.4. The standard InChI is InChI=1S/C26H27N3O5S/c1-19-8-10-20(11-9-19)26-21(16-29(27-26)22-6-4-3-5-7-22)12-13-25(31)34-17-24(30)28(2)23-14-15-35(32,33)18-23/h3-13,16,23H,14-15,17-18H2,1-2H3/b13-12+/t23-/m0/s1. The van der Waals surface area contributed by atoms with Gasteiger partial charge in [0.25, 0.3) is 5.91 Å². The number of para-hydroxylation sites is 1. The van der Waals surface area contributed by atoms with Crippen LogP contribution in [0.3, 0.4) is 0 Å². The van der Waals surface area contributed by atoms with E-state index < -0.39 is 28.3 Å². The van der Waals surface area contributed by atoms with Crippen molar-refractivity contribution in [1.29, 1.82) is 0 Å². The maximum absolute atomic E-state index is 12.4. The minimum atomic E-state index is -3.11. The lowest BCUT2D eigenvalue weighted by Gasteiger charge is -2.22. The monoisotopic (exact) mass is 493 g/mol. The Bertz CT molecular complexity index is 1350. The Balaban J connectivity index is 1.46. The SMILES string of the molecule is Cc1ccc(-c2nn(-c3ccccc3)cc2/C=C/C(=O)OCC(=O)N(C)[C@H]2CCS(=O)(=O)C2)cc1. The molecule has 0 bridgehead atoms. The number of rotatable bonds is 7. The molecule has 182 valence electrons. The summed E-state index contributed by atoms with van der Waals surface area (Å²) in [5.74, 6) is -1.10. The molecule has 0 N–H and O–H groups in total. The summed E-state index contributed by atoms with van der Waals surface area (Å²) in [6.45, 7) is 1.55. The van der Waals surface area contributed by atoms with Gasteiger partial charge in [0.05, 0.1) is 22.9 Å². The average Bonchev–Trinajstić information content (AvgIpc) is 3.45. The zero-order valence-electron chi connectivity index (χ0n) is 19.6. The molecule has 0 saturated carbocycles. The van der Waals surface area contributed by atoms with Crippen LogP contribution in [-0.2, 0) is 24.2 Å². The van der Waals surface area contributed by atoms with Gasteiger partial charge in [-0.1, -0.05) is 48.0 Å². The highest BCUT2D eigenvalue weighted by atomic mass is 32.2. The van der Waals surface area contributed by atoms with Crippen LogP contribution in [0.15, 0.2) is 66.9 Å². The lowest BCUT2D eigenvalue weighted by atomic mass is 10.1. The average molecular weight is 494 g/mol. The zero-order valence-corrected chi connectivity index (χ0v) is 20.4. The normalized spacial score (nSPS) is 16.9. The Morgan fingerprint density at radius 2 is 1.86 bits per heavy atom. The molecule has 9 heteroatoms. The molecule has 1 saturated heterocycles. The number of aryl methyl sites for hydroxylation is 1. The van der Waals surface area contributed by atoms with Gasteiger partial charge in [0.2, 0.25) is 0 Å². The van der Waals surface area contributed by atoms with E-state index in [4.69, 9.17) is 9.84 Å². The number of esters is 1. The fourth-order valence-electron chi connectivity index (χ4n) is 3.88. The van der Waals surface area contributed by atoms with Gasteiger partial charge in [0, 0.05) is 36.5 Å². The second-order valence-electron chi connectivity index (χ2n) is 8.58. The highest BCUT2D eigenvalue weighted by Crippen LogP contribution is 2.25. The van der Waals surface area contributed by atoms with Crippen molar-refractivity contribution < 1.29 is 22.7 Å². The summed E-state index contributed by atoms with van der Waals surface area (Å²) in [4.78, 5) is 26.0. The van der Waals surface area contributed by atoms with Crippen LogP contribution in [0.5, 0.6) is 0 Å². The fourth-order valence-corrected chi connectivity index (χ4v) is 5.66. The summed E-state index contributed by atoms with van der Waals surface area (Å²) < 4.78 is 30.2. The van der Waals surface area contributed by atoms with Crippen molar-refractivity contribution in [3.63, 3.8) is 0 Å². The van der Waals surface area contributed by atoms with Gasteiger partial charge in [-0.25, -0.2) is 17.9 Å². The van der Waals surface area contributed by atoms with Gasteiger partial charge in [0.15, 0.2) is 16.4 Å². The number of hydrogen-bond acceptors (Lipinski definition) is 6. The molecule has 0 unspecified atom stereocenters. The molecule has 35 heavy (non-hydrogen) atoms. The van der Waals surface area contributed by atoms with Crippen LogP contribution in [0.1, 0.15) is 17.5 Å². The molecule has 4 rings (SSSR count). The predicted octanol–water partition coefficient (Wildman–Crippen LogP) is 3.05. The molecule has 0 radical (unpaired) electrons. The maximum Gasteiger partial charge on any atom is 0.331 e. The molecule has 1 fully saturated rings. The molecule has 3 aromatic rings. The van der Waals surface area contributed by atoms with Gasteiger partial charge in [-0.15, -0.1) is 0 Å². The number of benzene rings is 2. The zero-order chi connectivity index (χ0) is 25.0. The highest BCUT2D eigenvalue weighted by Gasteiger charge is 2.32. The van der Waals surface area contributed by atoms with Gasteiger partial charge in [0.1, 0.15) is 0 Å². The van der Waals surface area contributed by atoms with Crippen LogP contribution in [-0.4, -0.2) is 66.2 Å². The molecular formula is C26H27N3O5S. The summed E-state index contributed by atoms with van der Waals surface area (Å²) in [6.07, 6.45) is 5.10. The van der Waals surface area contributed by atoms with Crippen molar-refractivity contribution >= 4 is 27.8 Å². The summed E-state index contributed by atoms with van der Waals surface area (Å²) in [6, 6.07) is 17.2.